The summed E-state index contributed by atoms with van der Waals surface area (Å²) in [4.78, 5) is 45.0. The first kappa shape index (κ1) is 20.0. The van der Waals surface area contributed by atoms with Crippen LogP contribution in [0.3, 0.4) is 0 Å². The van der Waals surface area contributed by atoms with Crippen molar-refractivity contribution in [1.29, 1.82) is 0 Å². The number of nitrogens with zero attached hydrogens (tertiary/aromatic N) is 2. The van der Waals surface area contributed by atoms with Crippen LogP contribution >= 0.6 is 0 Å². The van der Waals surface area contributed by atoms with E-state index in [9.17, 15) is 14.4 Å². The number of anilines is 1. The SMILES string of the molecule is O=C(c1ccco1)C1C2C(=O)N(c3cccc4ccccc34)C(=O)C2C2c3ccccc3C=CN12. The summed E-state index contributed by atoms with van der Waals surface area (Å²) in [6.07, 6.45) is 5.23. The Balaban J connectivity index is 1.41. The van der Waals surface area contributed by atoms with Crippen molar-refractivity contribution in [2.24, 2.45) is 11.8 Å². The predicted molar refractivity (Wildman–Crippen MR) is 130 cm³/mol. The summed E-state index contributed by atoms with van der Waals surface area (Å²) >= 11 is 0. The fourth-order valence-electron chi connectivity index (χ4n) is 6.06. The van der Waals surface area contributed by atoms with Gasteiger partial charge in [0.15, 0.2) is 5.76 Å². The van der Waals surface area contributed by atoms with Crippen molar-refractivity contribution in [3.8, 4) is 0 Å². The Kier molecular flexibility index (Phi) is 4.15. The summed E-state index contributed by atoms with van der Waals surface area (Å²) in [6.45, 7) is 0. The van der Waals surface area contributed by atoms with Crippen molar-refractivity contribution >= 4 is 40.1 Å². The number of hydrogen-bond donors (Lipinski definition) is 0. The minimum atomic E-state index is -0.836. The average Bonchev–Trinajstić information content (AvgIpc) is 3.60. The van der Waals surface area contributed by atoms with Crippen LogP contribution in [0, 0.1) is 11.8 Å². The Morgan fingerprint density at radius 2 is 1.57 bits per heavy atom. The van der Waals surface area contributed by atoms with E-state index in [1.807, 2.05) is 77.8 Å². The maximum Gasteiger partial charge on any atom is 0.240 e. The normalized spacial score (nSPS) is 24.6. The minimum absolute atomic E-state index is 0.186. The number of hydrogen-bond acceptors (Lipinski definition) is 5. The van der Waals surface area contributed by atoms with Gasteiger partial charge in [-0.3, -0.25) is 14.4 Å². The zero-order chi connectivity index (χ0) is 23.7. The van der Waals surface area contributed by atoms with Crippen LogP contribution in [0.2, 0.25) is 0 Å². The summed E-state index contributed by atoms with van der Waals surface area (Å²) in [5.41, 5.74) is 2.49. The van der Waals surface area contributed by atoms with E-state index in [-0.39, 0.29) is 23.4 Å². The summed E-state index contributed by atoms with van der Waals surface area (Å²) < 4.78 is 5.43. The third-order valence-electron chi connectivity index (χ3n) is 7.50. The van der Waals surface area contributed by atoms with E-state index in [0.29, 0.717) is 5.69 Å². The Hall–Kier alpha value is -4.45. The third-order valence-corrected chi connectivity index (χ3v) is 7.50. The summed E-state index contributed by atoms with van der Waals surface area (Å²) in [7, 11) is 0. The van der Waals surface area contributed by atoms with Crippen LogP contribution < -0.4 is 4.90 Å². The molecule has 3 aromatic carbocycles. The van der Waals surface area contributed by atoms with Crippen LogP contribution in [0.15, 0.2) is 95.7 Å². The highest BCUT2D eigenvalue weighted by atomic mass is 16.3. The highest BCUT2D eigenvalue weighted by Gasteiger charge is 2.65. The van der Waals surface area contributed by atoms with Crippen LogP contribution in [0.4, 0.5) is 5.69 Å². The smallest absolute Gasteiger partial charge is 0.240 e. The zero-order valence-corrected chi connectivity index (χ0v) is 18.6. The van der Waals surface area contributed by atoms with Crippen molar-refractivity contribution in [3.63, 3.8) is 0 Å². The Labute approximate surface area is 201 Å². The molecule has 6 nitrogen and oxygen atoms in total. The number of ketones is 1. The quantitative estimate of drug-likeness (QED) is 0.324. The molecule has 4 aromatic rings. The molecule has 0 radical (unpaired) electrons. The average molecular weight is 460 g/mol. The standard InChI is InChI=1S/C29H20N2O4/c32-27(22-13-6-16-35-22)26-24-23(25-20-11-4-2-8-18(20)14-15-30(25)26)28(33)31(29(24)34)21-12-5-9-17-7-1-3-10-19(17)21/h1-16,23-26H. The van der Waals surface area contributed by atoms with Gasteiger partial charge in [0.1, 0.15) is 6.04 Å². The van der Waals surface area contributed by atoms with E-state index in [4.69, 9.17) is 4.42 Å². The lowest BCUT2D eigenvalue weighted by Crippen LogP contribution is -2.44. The molecule has 35 heavy (non-hydrogen) atoms. The van der Waals surface area contributed by atoms with Crippen molar-refractivity contribution in [2.75, 3.05) is 4.90 Å². The van der Waals surface area contributed by atoms with E-state index >= 15 is 0 Å². The molecule has 7 rings (SSSR count). The summed E-state index contributed by atoms with van der Waals surface area (Å²) in [5, 5.41) is 1.77. The van der Waals surface area contributed by atoms with Crippen LogP contribution in [-0.2, 0) is 9.59 Å². The molecule has 0 N–H and O–H groups in total. The van der Waals surface area contributed by atoms with E-state index in [0.717, 1.165) is 21.9 Å². The highest BCUT2D eigenvalue weighted by Crippen LogP contribution is 2.54. The van der Waals surface area contributed by atoms with E-state index < -0.39 is 23.9 Å². The topological polar surface area (TPSA) is 70.8 Å². The number of furan rings is 1. The van der Waals surface area contributed by atoms with Crippen LogP contribution in [-0.4, -0.2) is 28.5 Å². The molecule has 2 amide bonds. The van der Waals surface area contributed by atoms with Crippen molar-refractivity contribution in [1.82, 2.24) is 4.90 Å². The highest BCUT2D eigenvalue weighted by molar-refractivity contribution is 6.27. The molecule has 0 bridgehead atoms. The lowest BCUT2D eigenvalue weighted by molar-refractivity contribution is -0.123. The Bertz CT molecular complexity index is 1550. The van der Waals surface area contributed by atoms with Gasteiger partial charge in [-0.1, -0.05) is 60.7 Å². The van der Waals surface area contributed by atoms with Gasteiger partial charge in [-0.2, -0.15) is 0 Å². The molecule has 0 aliphatic carbocycles. The number of amides is 2. The molecule has 2 saturated heterocycles. The van der Waals surface area contributed by atoms with Gasteiger partial charge in [-0.05, 0) is 40.8 Å². The van der Waals surface area contributed by atoms with Crippen molar-refractivity contribution in [2.45, 2.75) is 12.1 Å². The molecule has 4 atom stereocenters. The minimum Gasteiger partial charge on any atom is -0.461 e. The van der Waals surface area contributed by atoms with Gasteiger partial charge in [0.25, 0.3) is 0 Å². The number of imide groups is 1. The fourth-order valence-corrected chi connectivity index (χ4v) is 6.06. The third kappa shape index (κ3) is 2.68. The number of Topliss-reactive ketones (excluding diaryl/α,β-unsaturated/α-hetero) is 1. The van der Waals surface area contributed by atoms with Gasteiger partial charge in [0.2, 0.25) is 17.6 Å². The molecule has 170 valence electrons. The van der Waals surface area contributed by atoms with Crippen LogP contribution in [0.25, 0.3) is 16.8 Å². The van der Waals surface area contributed by atoms with Crippen LogP contribution in [0.1, 0.15) is 27.7 Å². The first-order chi connectivity index (χ1) is 17.1. The number of benzene rings is 3. The fraction of sp³-hybridized carbons (Fsp3) is 0.138. The molecule has 1 aromatic heterocycles. The van der Waals surface area contributed by atoms with Gasteiger partial charge in [-0.25, -0.2) is 4.90 Å². The predicted octanol–water partition coefficient (Wildman–Crippen LogP) is 4.83. The van der Waals surface area contributed by atoms with Gasteiger partial charge in [0.05, 0.1) is 29.8 Å². The van der Waals surface area contributed by atoms with Crippen molar-refractivity contribution < 1.29 is 18.8 Å². The molecule has 4 heterocycles. The second kappa shape index (κ2) is 7.27. The van der Waals surface area contributed by atoms with Crippen molar-refractivity contribution in [3.05, 3.63) is 108 Å². The van der Waals surface area contributed by atoms with Crippen LogP contribution in [0.5, 0.6) is 0 Å². The van der Waals surface area contributed by atoms with Gasteiger partial charge in [0, 0.05) is 11.6 Å². The molecular weight excluding hydrogens is 440 g/mol. The second-order valence-corrected chi connectivity index (χ2v) is 9.18. The maximum absolute atomic E-state index is 14.1. The summed E-state index contributed by atoms with van der Waals surface area (Å²) in [6, 6.07) is 23.1. The van der Waals surface area contributed by atoms with Gasteiger partial charge < -0.3 is 9.32 Å². The molecular formula is C29H20N2O4. The number of carbonyl (C=O) groups excluding carboxylic acids is 3. The maximum atomic E-state index is 14.1. The van der Waals surface area contributed by atoms with E-state index in [2.05, 4.69) is 0 Å². The number of rotatable bonds is 3. The Morgan fingerprint density at radius 1 is 0.800 bits per heavy atom. The largest absolute Gasteiger partial charge is 0.461 e. The molecule has 3 aliphatic rings. The molecule has 4 unspecified atom stereocenters. The molecule has 2 fully saturated rings. The second-order valence-electron chi connectivity index (χ2n) is 9.18. The molecule has 6 heteroatoms. The van der Waals surface area contributed by atoms with E-state index in [1.165, 1.54) is 11.2 Å². The first-order valence-corrected chi connectivity index (χ1v) is 11.6. The number of fused-ring (bicyclic) bond motifs is 6. The first-order valence-electron chi connectivity index (χ1n) is 11.6. The lowest BCUT2D eigenvalue weighted by atomic mass is 9.84. The van der Waals surface area contributed by atoms with Gasteiger partial charge >= 0.3 is 0 Å². The number of carbonyl (C=O) groups is 3. The lowest BCUT2D eigenvalue weighted by Gasteiger charge is -2.35. The molecule has 0 saturated carbocycles. The van der Waals surface area contributed by atoms with E-state index in [1.54, 1.807) is 18.2 Å². The molecule has 0 spiro atoms. The zero-order valence-electron chi connectivity index (χ0n) is 18.6. The van der Waals surface area contributed by atoms with Gasteiger partial charge in [-0.15, -0.1) is 0 Å². The molecule has 3 aliphatic heterocycles. The Morgan fingerprint density at radius 3 is 2.43 bits per heavy atom. The summed E-state index contributed by atoms with van der Waals surface area (Å²) in [5.74, 6) is -2.23. The monoisotopic (exact) mass is 460 g/mol.